The molecule has 1 aromatic rings. The number of nitrogens with one attached hydrogen (secondary N) is 1. The highest BCUT2D eigenvalue weighted by atomic mass is 16.5. The highest BCUT2D eigenvalue weighted by Crippen LogP contribution is 2.25. The van der Waals surface area contributed by atoms with Crippen LogP contribution in [0.4, 0.5) is 0 Å². The number of benzene rings is 1. The summed E-state index contributed by atoms with van der Waals surface area (Å²) in [6.07, 6.45) is 0.933. The van der Waals surface area contributed by atoms with Crippen LogP contribution >= 0.6 is 0 Å². The molecular weight excluding hydrogens is 266 g/mol. The van der Waals surface area contributed by atoms with Crippen molar-refractivity contribution in [2.45, 2.75) is 32.4 Å². The van der Waals surface area contributed by atoms with Gasteiger partial charge in [0.1, 0.15) is 5.75 Å². The maximum Gasteiger partial charge on any atom is 0.234 e. The average molecular weight is 293 g/mol. The molecule has 5 heteroatoms. The second-order valence-electron chi connectivity index (χ2n) is 5.35. The summed E-state index contributed by atoms with van der Waals surface area (Å²) in [6, 6.07) is 7.68. The quantitative estimate of drug-likeness (QED) is 0.763. The summed E-state index contributed by atoms with van der Waals surface area (Å²) in [7, 11) is 3.56. The number of ether oxygens (including phenoxy) is 1. The molecule has 0 saturated heterocycles. The van der Waals surface area contributed by atoms with Gasteiger partial charge in [0.15, 0.2) is 0 Å². The van der Waals surface area contributed by atoms with E-state index in [4.69, 9.17) is 10.5 Å². The Kier molecular flexibility index (Phi) is 7.19. The number of nitrogens with two attached hydrogens (primary N) is 1. The molecule has 0 heterocycles. The predicted octanol–water partition coefficient (Wildman–Crippen LogP) is 1.54. The van der Waals surface area contributed by atoms with Gasteiger partial charge in [-0.05, 0) is 38.1 Å². The van der Waals surface area contributed by atoms with Gasteiger partial charge in [0.05, 0.1) is 13.7 Å². The molecule has 0 aliphatic rings. The number of likely N-dealkylation sites (N-methyl/N-ethyl adjacent to an activating group) is 1. The zero-order valence-electron chi connectivity index (χ0n) is 13.4. The van der Waals surface area contributed by atoms with Gasteiger partial charge < -0.3 is 15.8 Å². The summed E-state index contributed by atoms with van der Waals surface area (Å²) in [5.74, 6) is 0.815. The molecule has 1 amide bonds. The summed E-state index contributed by atoms with van der Waals surface area (Å²) < 4.78 is 5.26. The monoisotopic (exact) mass is 293 g/mol. The second kappa shape index (κ2) is 8.64. The Balaban J connectivity index is 2.82. The van der Waals surface area contributed by atoms with Crippen molar-refractivity contribution in [1.29, 1.82) is 0 Å². The number of amides is 1. The first-order valence-corrected chi connectivity index (χ1v) is 7.36. The standard InChI is InChI=1S/C16H27N3O2/c1-5-9-18-15(20)11-19(3)16(12(2)17)13-7-6-8-14(10-13)21-4/h6-8,10,12,16H,5,9,11,17H2,1-4H3,(H,18,20). The number of carbonyl (C=O) groups is 1. The Morgan fingerprint density at radius 3 is 2.76 bits per heavy atom. The molecule has 2 unspecified atom stereocenters. The SMILES string of the molecule is CCCNC(=O)CN(C)C(c1cccc(OC)c1)C(C)N. The van der Waals surface area contributed by atoms with Gasteiger partial charge in [0.25, 0.3) is 0 Å². The van der Waals surface area contributed by atoms with E-state index in [1.165, 1.54) is 0 Å². The molecule has 5 nitrogen and oxygen atoms in total. The Morgan fingerprint density at radius 2 is 2.19 bits per heavy atom. The molecule has 1 aromatic carbocycles. The van der Waals surface area contributed by atoms with E-state index in [0.29, 0.717) is 13.1 Å². The Labute approximate surface area is 127 Å². The van der Waals surface area contributed by atoms with Gasteiger partial charge >= 0.3 is 0 Å². The van der Waals surface area contributed by atoms with Crippen LogP contribution in [0.5, 0.6) is 5.75 Å². The average Bonchev–Trinajstić information content (AvgIpc) is 2.45. The van der Waals surface area contributed by atoms with Gasteiger partial charge in [-0.25, -0.2) is 0 Å². The van der Waals surface area contributed by atoms with E-state index in [9.17, 15) is 4.79 Å². The van der Waals surface area contributed by atoms with Crippen LogP contribution in [0.2, 0.25) is 0 Å². The molecule has 2 atom stereocenters. The van der Waals surface area contributed by atoms with E-state index in [2.05, 4.69) is 5.32 Å². The molecule has 0 saturated carbocycles. The van der Waals surface area contributed by atoms with Crippen molar-refractivity contribution in [2.24, 2.45) is 5.73 Å². The van der Waals surface area contributed by atoms with E-state index in [1.807, 2.05) is 50.1 Å². The second-order valence-corrected chi connectivity index (χ2v) is 5.35. The number of hydrogen-bond acceptors (Lipinski definition) is 4. The van der Waals surface area contributed by atoms with Crippen molar-refractivity contribution >= 4 is 5.91 Å². The van der Waals surface area contributed by atoms with Crippen LogP contribution in [-0.4, -0.2) is 44.1 Å². The minimum Gasteiger partial charge on any atom is -0.497 e. The van der Waals surface area contributed by atoms with Crippen LogP contribution in [0.3, 0.4) is 0 Å². The summed E-state index contributed by atoms with van der Waals surface area (Å²) >= 11 is 0. The third-order valence-corrected chi connectivity index (χ3v) is 3.37. The van der Waals surface area contributed by atoms with Crippen LogP contribution in [-0.2, 0) is 4.79 Å². The van der Waals surface area contributed by atoms with Crippen LogP contribution in [0, 0.1) is 0 Å². The first-order chi connectivity index (χ1) is 9.99. The summed E-state index contributed by atoms with van der Waals surface area (Å²) in [5.41, 5.74) is 7.17. The summed E-state index contributed by atoms with van der Waals surface area (Å²) in [4.78, 5) is 13.9. The predicted molar refractivity (Wildman–Crippen MR) is 85.3 cm³/mol. The molecular formula is C16H27N3O2. The van der Waals surface area contributed by atoms with Gasteiger partial charge in [0, 0.05) is 18.6 Å². The zero-order valence-corrected chi connectivity index (χ0v) is 13.4. The van der Waals surface area contributed by atoms with Crippen LogP contribution in [0.25, 0.3) is 0 Å². The van der Waals surface area contributed by atoms with E-state index in [1.54, 1.807) is 7.11 Å². The third-order valence-electron chi connectivity index (χ3n) is 3.37. The molecule has 0 radical (unpaired) electrons. The van der Waals surface area contributed by atoms with Gasteiger partial charge in [-0.2, -0.15) is 0 Å². The first-order valence-electron chi connectivity index (χ1n) is 7.36. The van der Waals surface area contributed by atoms with Gasteiger partial charge in [0.2, 0.25) is 5.91 Å². The minimum absolute atomic E-state index is 0.0212. The van der Waals surface area contributed by atoms with Crippen LogP contribution < -0.4 is 15.8 Å². The number of nitrogens with zero attached hydrogens (tertiary/aromatic N) is 1. The summed E-state index contributed by atoms with van der Waals surface area (Å²) in [5, 5.41) is 2.88. The molecule has 0 spiro atoms. The number of methoxy groups -OCH3 is 1. The molecule has 118 valence electrons. The molecule has 0 aliphatic heterocycles. The molecule has 3 N–H and O–H groups in total. The van der Waals surface area contributed by atoms with E-state index < -0.39 is 0 Å². The molecule has 21 heavy (non-hydrogen) atoms. The first kappa shape index (κ1) is 17.5. The smallest absolute Gasteiger partial charge is 0.234 e. The Hall–Kier alpha value is -1.59. The van der Waals surface area contributed by atoms with Crippen molar-refractivity contribution in [3.8, 4) is 5.75 Å². The molecule has 0 aromatic heterocycles. The minimum atomic E-state index is -0.0962. The topological polar surface area (TPSA) is 67.6 Å². The lowest BCUT2D eigenvalue weighted by Gasteiger charge is -2.31. The zero-order chi connectivity index (χ0) is 15.8. The van der Waals surface area contributed by atoms with Gasteiger partial charge in [-0.3, -0.25) is 9.69 Å². The third kappa shape index (κ3) is 5.36. The van der Waals surface area contributed by atoms with E-state index in [-0.39, 0.29) is 18.0 Å². The fourth-order valence-corrected chi connectivity index (χ4v) is 2.43. The van der Waals surface area contributed by atoms with Crippen molar-refractivity contribution in [3.63, 3.8) is 0 Å². The lowest BCUT2D eigenvalue weighted by Crippen LogP contribution is -2.42. The van der Waals surface area contributed by atoms with Crippen molar-refractivity contribution in [1.82, 2.24) is 10.2 Å². The fraction of sp³-hybridized carbons (Fsp3) is 0.562. The normalized spacial score (nSPS) is 13.8. The van der Waals surface area contributed by atoms with Crippen LogP contribution in [0.1, 0.15) is 31.9 Å². The van der Waals surface area contributed by atoms with Gasteiger partial charge in [-0.1, -0.05) is 19.1 Å². The van der Waals surface area contributed by atoms with Gasteiger partial charge in [-0.15, -0.1) is 0 Å². The highest BCUT2D eigenvalue weighted by molar-refractivity contribution is 5.78. The summed E-state index contributed by atoms with van der Waals surface area (Å²) in [6.45, 7) is 5.01. The maximum absolute atomic E-state index is 11.9. The van der Waals surface area contributed by atoms with E-state index in [0.717, 1.165) is 17.7 Å². The van der Waals surface area contributed by atoms with Crippen molar-refractivity contribution in [3.05, 3.63) is 29.8 Å². The van der Waals surface area contributed by atoms with E-state index >= 15 is 0 Å². The maximum atomic E-state index is 11.9. The lowest BCUT2D eigenvalue weighted by atomic mass is 9.99. The molecule has 1 rings (SSSR count). The van der Waals surface area contributed by atoms with Crippen LogP contribution in [0.15, 0.2) is 24.3 Å². The molecule has 0 fully saturated rings. The Bertz CT molecular complexity index is 449. The molecule has 0 bridgehead atoms. The Morgan fingerprint density at radius 1 is 1.48 bits per heavy atom. The largest absolute Gasteiger partial charge is 0.497 e. The fourth-order valence-electron chi connectivity index (χ4n) is 2.43. The highest BCUT2D eigenvalue weighted by Gasteiger charge is 2.23. The number of rotatable bonds is 8. The number of carbonyl (C=O) groups excluding carboxylic acids is 1. The van der Waals surface area contributed by atoms with Crippen molar-refractivity contribution < 1.29 is 9.53 Å². The molecule has 0 aliphatic carbocycles. The van der Waals surface area contributed by atoms with Crippen molar-refractivity contribution in [2.75, 3.05) is 27.2 Å². The lowest BCUT2D eigenvalue weighted by molar-refractivity contribution is -0.122. The number of hydrogen-bond donors (Lipinski definition) is 2.